The first kappa shape index (κ1) is 20.8. The minimum absolute atomic E-state index is 0. The van der Waals surface area contributed by atoms with Gasteiger partial charge in [-0.15, -0.1) is 12.4 Å². The van der Waals surface area contributed by atoms with E-state index >= 15 is 0 Å². The van der Waals surface area contributed by atoms with Crippen molar-refractivity contribution in [1.29, 1.82) is 0 Å². The van der Waals surface area contributed by atoms with Crippen LogP contribution < -0.4 is 5.32 Å². The van der Waals surface area contributed by atoms with Crippen molar-refractivity contribution in [1.82, 2.24) is 10.2 Å². The Labute approximate surface area is 162 Å². The van der Waals surface area contributed by atoms with E-state index in [9.17, 15) is 19.3 Å². The van der Waals surface area contributed by atoms with Gasteiger partial charge in [-0.3, -0.25) is 14.9 Å². The number of hydrogen-bond acceptors (Lipinski definition) is 4. The van der Waals surface area contributed by atoms with Gasteiger partial charge in [0.2, 0.25) is 5.91 Å². The Morgan fingerprint density at radius 3 is 2.78 bits per heavy atom. The Kier molecular flexibility index (Phi) is 7.27. The molecule has 1 amide bonds. The van der Waals surface area contributed by atoms with Gasteiger partial charge in [-0.2, -0.15) is 0 Å². The van der Waals surface area contributed by atoms with Gasteiger partial charge in [-0.1, -0.05) is 24.3 Å². The third kappa shape index (κ3) is 5.24. The molecule has 2 aromatic rings. The van der Waals surface area contributed by atoms with E-state index in [1.165, 1.54) is 24.3 Å². The van der Waals surface area contributed by atoms with Crippen LogP contribution in [0, 0.1) is 15.9 Å². The highest BCUT2D eigenvalue weighted by Crippen LogP contribution is 2.24. The summed E-state index contributed by atoms with van der Waals surface area (Å²) in [6.45, 7) is 1.81. The average Bonchev–Trinajstić information content (AvgIpc) is 2.66. The van der Waals surface area contributed by atoms with E-state index in [0.717, 1.165) is 11.1 Å². The molecule has 1 aliphatic heterocycles. The Bertz CT molecular complexity index is 818. The van der Waals surface area contributed by atoms with Crippen LogP contribution >= 0.6 is 12.4 Å². The van der Waals surface area contributed by atoms with Crippen LogP contribution in [-0.2, 0) is 11.2 Å². The smallest absolute Gasteiger partial charge is 0.269 e. The number of carbonyl (C=O) groups is 1. The molecule has 3 rings (SSSR count). The number of halogens is 2. The summed E-state index contributed by atoms with van der Waals surface area (Å²) in [5, 5.41) is 14.1. The molecule has 0 bridgehead atoms. The predicted molar refractivity (Wildman–Crippen MR) is 102 cm³/mol. The van der Waals surface area contributed by atoms with Crippen LogP contribution in [0.3, 0.4) is 0 Å². The minimum atomic E-state index is -0.443. The quantitative estimate of drug-likeness (QED) is 0.625. The maximum Gasteiger partial charge on any atom is 0.269 e. The van der Waals surface area contributed by atoms with Crippen molar-refractivity contribution < 1.29 is 14.1 Å². The molecule has 1 heterocycles. The lowest BCUT2D eigenvalue weighted by Crippen LogP contribution is -2.48. The number of amides is 1. The number of piperazine rings is 1. The second-order valence-corrected chi connectivity index (χ2v) is 6.29. The normalized spacial score (nSPS) is 16.5. The molecule has 1 saturated heterocycles. The SMILES string of the molecule is Cl.O=C(CCc1cccc([N+](=O)[O-])c1)N1CCNCC1c1cccc(F)c1. The molecule has 0 aliphatic carbocycles. The topological polar surface area (TPSA) is 75.5 Å². The number of hydrogen-bond donors (Lipinski definition) is 1. The molecular formula is C19H21ClFN3O3. The number of nitro benzene ring substituents is 1. The lowest BCUT2D eigenvalue weighted by Gasteiger charge is -2.36. The van der Waals surface area contributed by atoms with Crippen molar-refractivity contribution in [3.8, 4) is 0 Å². The predicted octanol–water partition coefficient (Wildman–Crippen LogP) is 3.26. The third-order valence-corrected chi connectivity index (χ3v) is 4.55. The molecule has 1 N–H and O–H groups in total. The second kappa shape index (κ2) is 9.43. The maximum atomic E-state index is 13.5. The van der Waals surface area contributed by atoms with Crippen LogP contribution in [-0.4, -0.2) is 35.4 Å². The molecule has 0 saturated carbocycles. The molecule has 1 atom stereocenters. The van der Waals surface area contributed by atoms with E-state index in [0.29, 0.717) is 26.1 Å². The van der Waals surface area contributed by atoms with E-state index in [-0.39, 0.29) is 42.3 Å². The van der Waals surface area contributed by atoms with Crippen LogP contribution in [0.2, 0.25) is 0 Å². The molecule has 0 radical (unpaired) electrons. The van der Waals surface area contributed by atoms with Crippen molar-refractivity contribution >= 4 is 24.0 Å². The molecular weight excluding hydrogens is 373 g/mol. The Morgan fingerprint density at radius 1 is 1.26 bits per heavy atom. The van der Waals surface area contributed by atoms with Gasteiger partial charge >= 0.3 is 0 Å². The van der Waals surface area contributed by atoms with Gasteiger partial charge < -0.3 is 10.2 Å². The summed E-state index contributed by atoms with van der Waals surface area (Å²) in [6, 6.07) is 12.4. The zero-order valence-corrected chi connectivity index (χ0v) is 15.5. The largest absolute Gasteiger partial charge is 0.333 e. The van der Waals surface area contributed by atoms with Crippen molar-refractivity contribution in [2.45, 2.75) is 18.9 Å². The first-order valence-electron chi connectivity index (χ1n) is 8.53. The summed E-state index contributed by atoms with van der Waals surface area (Å²) in [5.74, 6) is -0.357. The standard InChI is InChI=1S/C19H20FN3O3.ClH/c20-16-5-2-4-15(12-16)18-13-21-9-10-22(18)19(24)8-7-14-3-1-6-17(11-14)23(25)26;/h1-6,11-12,18,21H,7-10,13H2;1H. The highest BCUT2D eigenvalue weighted by atomic mass is 35.5. The van der Waals surface area contributed by atoms with Gasteiger partial charge in [0.25, 0.3) is 5.69 Å². The Morgan fingerprint density at radius 2 is 2.04 bits per heavy atom. The second-order valence-electron chi connectivity index (χ2n) is 6.29. The summed E-state index contributed by atoms with van der Waals surface area (Å²) >= 11 is 0. The fourth-order valence-corrected chi connectivity index (χ4v) is 3.23. The molecule has 144 valence electrons. The van der Waals surface area contributed by atoms with Crippen LogP contribution in [0.1, 0.15) is 23.6 Å². The molecule has 0 spiro atoms. The lowest BCUT2D eigenvalue weighted by molar-refractivity contribution is -0.384. The number of nitrogens with one attached hydrogen (secondary N) is 1. The van der Waals surface area contributed by atoms with Gasteiger partial charge in [-0.25, -0.2) is 4.39 Å². The fourth-order valence-electron chi connectivity index (χ4n) is 3.23. The van der Waals surface area contributed by atoms with Gasteiger partial charge in [0.05, 0.1) is 11.0 Å². The van der Waals surface area contributed by atoms with E-state index in [2.05, 4.69) is 5.32 Å². The van der Waals surface area contributed by atoms with Crippen molar-refractivity contribution in [3.05, 3.63) is 75.6 Å². The number of benzene rings is 2. The van der Waals surface area contributed by atoms with Crippen molar-refractivity contribution in [2.24, 2.45) is 0 Å². The highest BCUT2D eigenvalue weighted by Gasteiger charge is 2.27. The minimum Gasteiger partial charge on any atom is -0.333 e. The number of rotatable bonds is 5. The number of nitrogens with zero attached hydrogens (tertiary/aromatic N) is 2. The monoisotopic (exact) mass is 393 g/mol. The van der Waals surface area contributed by atoms with Crippen LogP contribution in [0.15, 0.2) is 48.5 Å². The van der Waals surface area contributed by atoms with E-state index in [4.69, 9.17) is 0 Å². The molecule has 1 unspecified atom stereocenters. The molecule has 8 heteroatoms. The van der Waals surface area contributed by atoms with Gasteiger partial charge in [-0.05, 0) is 29.7 Å². The molecule has 1 fully saturated rings. The van der Waals surface area contributed by atoms with Crippen LogP contribution in [0.4, 0.5) is 10.1 Å². The van der Waals surface area contributed by atoms with E-state index < -0.39 is 4.92 Å². The lowest BCUT2D eigenvalue weighted by atomic mass is 10.0. The third-order valence-electron chi connectivity index (χ3n) is 4.55. The Balaban J connectivity index is 0.00000261. The first-order chi connectivity index (χ1) is 12.5. The number of aryl methyl sites for hydroxylation is 1. The summed E-state index contributed by atoms with van der Waals surface area (Å²) in [6.07, 6.45) is 0.688. The molecule has 27 heavy (non-hydrogen) atoms. The van der Waals surface area contributed by atoms with Gasteiger partial charge in [0.15, 0.2) is 0 Å². The number of carbonyl (C=O) groups excluding carboxylic acids is 1. The van der Waals surface area contributed by atoms with Crippen molar-refractivity contribution in [3.63, 3.8) is 0 Å². The van der Waals surface area contributed by atoms with Crippen molar-refractivity contribution in [2.75, 3.05) is 19.6 Å². The summed E-state index contributed by atoms with van der Waals surface area (Å²) < 4.78 is 13.5. The van der Waals surface area contributed by atoms with Crippen LogP contribution in [0.25, 0.3) is 0 Å². The van der Waals surface area contributed by atoms with Gasteiger partial charge in [0.1, 0.15) is 5.82 Å². The molecule has 6 nitrogen and oxygen atoms in total. The maximum absolute atomic E-state index is 13.5. The van der Waals surface area contributed by atoms with Crippen LogP contribution in [0.5, 0.6) is 0 Å². The fraction of sp³-hybridized carbons (Fsp3) is 0.316. The number of nitro groups is 1. The molecule has 2 aromatic carbocycles. The highest BCUT2D eigenvalue weighted by molar-refractivity contribution is 5.85. The average molecular weight is 394 g/mol. The summed E-state index contributed by atoms with van der Waals surface area (Å²) in [7, 11) is 0. The molecule has 0 aromatic heterocycles. The summed E-state index contributed by atoms with van der Waals surface area (Å²) in [4.78, 5) is 24.9. The Hall–Kier alpha value is -2.51. The van der Waals surface area contributed by atoms with E-state index in [1.807, 2.05) is 6.07 Å². The first-order valence-corrected chi connectivity index (χ1v) is 8.53. The van der Waals surface area contributed by atoms with Gasteiger partial charge in [0, 0.05) is 38.2 Å². The summed E-state index contributed by atoms with van der Waals surface area (Å²) in [5.41, 5.74) is 1.54. The zero-order chi connectivity index (χ0) is 18.5. The van der Waals surface area contributed by atoms with E-state index in [1.54, 1.807) is 23.1 Å². The zero-order valence-electron chi connectivity index (χ0n) is 14.6. The molecule has 1 aliphatic rings. The number of non-ortho nitro benzene ring substituents is 1.